The molecular weight excluding hydrogens is 385 g/mol. The molecule has 0 spiro atoms. The van der Waals surface area contributed by atoms with Crippen LogP contribution in [-0.2, 0) is 16.0 Å². The third kappa shape index (κ3) is 4.95. The molecule has 0 fully saturated rings. The van der Waals surface area contributed by atoms with Crippen molar-refractivity contribution in [2.45, 2.75) is 19.8 Å². The van der Waals surface area contributed by atoms with Gasteiger partial charge < -0.3 is 15.1 Å². The highest BCUT2D eigenvalue weighted by Crippen LogP contribution is 2.27. The van der Waals surface area contributed by atoms with Gasteiger partial charge in [0.2, 0.25) is 11.8 Å². The minimum absolute atomic E-state index is 0.0866. The summed E-state index contributed by atoms with van der Waals surface area (Å²) in [6, 6.07) is 11.0. The van der Waals surface area contributed by atoms with Crippen LogP contribution in [0.3, 0.4) is 0 Å². The second-order valence-electron chi connectivity index (χ2n) is 6.02. The molecule has 0 unspecified atom stereocenters. The predicted molar refractivity (Wildman–Crippen MR) is 105 cm³/mol. The largest absolute Gasteiger partial charge is 0.441 e. The van der Waals surface area contributed by atoms with Gasteiger partial charge in [0.1, 0.15) is 5.82 Å². The van der Waals surface area contributed by atoms with E-state index in [1.54, 1.807) is 36.4 Å². The number of carbonyl (C=O) groups excluding carboxylic acids is 2. The Hall–Kier alpha value is -3.19. The molecule has 2 N–H and O–H groups in total. The molecule has 28 heavy (non-hydrogen) atoms. The Kier molecular flexibility index (Phi) is 6.06. The molecular formula is C20H17ClFN3O3. The van der Waals surface area contributed by atoms with Gasteiger partial charge in [-0.1, -0.05) is 23.7 Å². The van der Waals surface area contributed by atoms with Crippen molar-refractivity contribution in [1.29, 1.82) is 0 Å². The van der Waals surface area contributed by atoms with Gasteiger partial charge in [-0.25, -0.2) is 9.37 Å². The summed E-state index contributed by atoms with van der Waals surface area (Å²) in [6.45, 7) is 1.37. The summed E-state index contributed by atoms with van der Waals surface area (Å²) in [6.07, 6.45) is 1.75. The SMILES string of the molecule is CC(=O)Nc1ccc(Cl)cc1NC(=O)CCc1ncc(-c2ccccc2F)o1. The predicted octanol–water partition coefficient (Wildman–Crippen LogP) is 4.66. The molecule has 1 aromatic heterocycles. The molecule has 8 heteroatoms. The number of anilines is 2. The molecule has 3 rings (SSSR count). The quantitative estimate of drug-likeness (QED) is 0.629. The van der Waals surface area contributed by atoms with Crippen molar-refractivity contribution < 1.29 is 18.4 Å². The zero-order valence-electron chi connectivity index (χ0n) is 15.0. The normalized spacial score (nSPS) is 10.5. The fourth-order valence-electron chi connectivity index (χ4n) is 2.56. The van der Waals surface area contributed by atoms with Crippen LogP contribution in [0.25, 0.3) is 11.3 Å². The fraction of sp³-hybridized carbons (Fsp3) is 0.150. The molecule has 0 radical (unpaired) electrons. The number of nitrogens with one attached hydrogen (secondary N) is 2. The van der Waals surface area contributed by atoms with E-state index in [-0.39, 0.29) is 24.7 Å². The number of oxazole rings is 1. The van der Waals surface area contributed by atoms with E-state index in [1.807, 2.05) is 0 Å². The number of nitrogens with zero attached hydrogens (tertiary/aromatic N) is 1. The van der Waals surface area contributed by atoms with E-state index in [2.05, 4.69) is 15.6 Å². The molecule has 0 aliphatic carbocycles. The van der Waals surface area contributed by atoms with E-state index in [0.29, 0.717) is 33.6 Å². The first-order valence-corrected chi connectivity index (χ1v) is 8.87. The number of carbonyl (C=O) groups is 2. The Bertz CT molecular complexity index is 1020. The van der Waals surface area contributed by atoms with E-state index in [4.69, 9.17) is 16.0 Å². The van der Waals surface area contributed by atoms with Gasteiger partial charge in [-0.05, 0) is 30.3 Å². The van der Waals surface area contributed by atoms with E-state index < -0.39 is 5.82 Å². The molecule has 0 aliphatic heterocycles. The van der Waals surface area contributed by atoms with Crippen LogP contribution in [0.5, 0.6) is 0 Å². The smallest absolute Gasteiger partial charge is 0.224 e. The van der Waals surface area contributed by atoms with E-state index in [1.165, 1.54) is 19.2 Å². The van der Waals surface area contributed by atoms with Crippen LogP contribution in [0.15, 0.2) is 53.1 Å². The monoisotopic (exact) mass is 401 g/mol. The van der Waals surface area contributed by atoms with Crippen molar-refractivity contribution in [3.05, 3.63) is 65.4 Å². The van der Waals surface area contributed by atoms with E-state index >= 15 is 0 Å². The number of amides is 2. The molecule has 1 heterocycles. The number of aromatic nitrogens is 1. The standard InChI is InChI=1S/C20H17ClFN3O3/c1-12(26)24-16-7-6-13(21)10-17(16)25-19(27)8-9-20-23-11-18(28-20)14-4-2-3-5-15(14)22/h2-7,10-11H,8-9H2,1H3,(H,24,26)(H,25,27). The minimum atomic E-state index is -0.408. The minimum Gasteiger partial charge on any atom is -0.441 e. The lowest BCUT2D eigenvalue weighted by molar-refractivity contribution is -0.116. The van der Waals surface area contributed by atoms with Crippen LogP contribution >= 0.6 is 11.6 Å². The highest BCUT2D eigenvalue weighted by atomic mass is 35.5. The Labute approximate surface area is 165 Å². The third-order valence-corrected chi connectivity index (χ3v) is 4.06. The lowest BCUT2D eigenvalue weighted by atomic mass is 10.2. The van der Waals surface area contributed by atoms with Gasteiger partial charge >= 0.3 is 0 Å². The van der Waals surface area contributed by atoms with Gasteiger partial charge in [0.05, 0.1) is 23.1 Å². The van der Waals surface area contributed by atoms with Crippen LogP contribution in [0.4, 0.5) is 15.8 Å². The van der Waals surface area contributed by atoms with Crippen LogP contribution in [0.2, 0.25) is 5.02 Å². The second-order valence-corrected chi connectivity index (χ2v) is 6.45. The molecule has 0 saturated carbocycles. The van der Waals surface area contributed by atoms with Gasteiger partial charge in [-0.2, -0.15) is 0 Å². The highest BCUT2D eigenvalue weighted by molar-refractivity contribution is 6.31. The highest BCUT2D eigenvalue weighted by Gasteiger charge is 2.13. The van der Waals surface area contributed by atoms with Crippen molar-refractivity contribution in [3.63, 3.8) is 0 Å². The number of hydrogen-bond acceptors (Lipinski definition) is 4. The first kappa shape index (κ1) is 19.6. The number of aryl methyl sites for hydroxylation is 1. The Morgan fingerprint density at radius 3 is 2.68 bits per heavy atom. The van der Waals surface area contributed by atoms with Crippen LogP contribution in [0, 0.1) is 5.82 Å². The number of halogens is 2. The number of benzene rings is 2. The van der Waals surface area contributed by atoms with Gasteiger partial charge in [-0.3, -0.25) is 9.59 Å². The summed E-state index contributed by atoms with van der Waals surface area (Å²) in [4.78, 5) is 27.6. The first-order chi connectivity index (χ1) is 13.4. The summed E-state index contributed by atoms with van der Waals surface area (Å²) in [5.74, 6) is -0.356. The van der Waals surface area contributed by atoms with E-state index in [9.17, 15) is 14.0 Å². The number of rotatable bonds is 6. The van der Waals surface area contributed by atoms with Crippen molar-refractivity contribution >= 4 is 34.8 Å². The van der Waals surface area contributed by atoms with Crippen LogP contribution < -0.4 is 10.6 Å². The van der Waals surface area contributed by atoms with E-state index in [0.717, 1.165) is 0 Å². The molecule has 6 nitrogen and oxygen atoms in total. The zero-order valence-corrected chi connectivity index (χ0v) is 15.7. The second kappa shape index (κ2) is 8.67. The lowest BCUT2D eigenvalue weighted by Gasteiger charge is -2.11. The number of hydrogen-bond donors (Lipinski definition) is 2. The van der Waals surface area contributed by atoms with Crippen molar-refractivity contribution in [2.75, 3.05) is 10.6 Å². The zero-order chi connectivity index (χ0) is 20.1. The summed E-state index contributed by atoms with van der Waals surface area (Å²) in [5.41, 5.74) is 1.15. The Morgan fingerprint density at radius 1 is 1.14 bits per heavy atom. The third-order valence-electron chi connectivity index (χ3n) is 3.83. The molecule has 0 saturated heterocycles. The molecule has 3 aromatic rings. The Morgan fingerprint density at radius 2 is 1.93 bits per heavy atom. The first-order valence-electron chi connectivity index (χ1n) is 8.49. The van der Waals surface area contributed by atoms with Gasteiger partial charge in [0.25, 0.3) is 0 Å². The average Bonchev–Trinajstić information content (AvgIpc) is 3.11. The molecule has 144 valence electrons. The molecule has 0 bridgehead atoms. The average molecular weight is 402 g/mol. The maximum Gasteiger partial charge on any atom is 0.224 e. The summed E-state index contributed by atoms with van der Waals surface area (Å²) >= 11 is 5.96. The summed E-state index contributed by atoms with van der Waals surface area (Å²) < 4.78 is 19.3. The molecule has 2 aromatic carbocycles. The van der Waals surface area contributed by atoms with Crippen molar-refractivity contribution in [2.24, 2.45) is 0 Å². The van der Waals surface area contributed by atoms with Gasteiger partial charge in [0.15, 0.2) is 11.7 Å². The maximum atomic E-state index is 13.8. The Balaban J connectivity index is 1.63. The van der Waals surface area contributed by atoms with Gasteiger partial charge in [-0.15, -0.1) is 0 Å². The van der Waals surface area contributed by atoms with Crippen LogP contribution in [-0.4, -0.2) is 16.8 Å². The molecule has 0 atom stereocenters. The summed E-state index contributed by atoms with van der Waals surface area (Å²) in [7, 11) is 0. The molecule has 2 amide bonds. The fourth-order valence-corrected chi connectivity index (χ4v) is 2.74. The molecule has 0 aliphatic rings. The maximum absolute atomic E-state index is 13.8. The van der Waals surface area contributed by atoms with Crippen molar-refractivity contribution in [1.82, 2.24) is 4.98 Å². The lowest BCUT2D eigenvalue weighted by Crippen LogP contribution is -2.15. The van der Waals surface area contributed by atoms with Crippen molar-refractivity contribution in [3.8, 4) is 11.3 Å². The van der Waals surface area contributed by atoms with Crippen LogP contribution in [0.1, 0.15) is 19.2 Å². The topological polar surface area (TPSA) is 84.2 Å². The summed E-state index contributed by atoms with van der Waals surface area (Å²) in [5, 5.41) is 5.76. The van der Waals surface area contributed by atoms with Gasteiger partial charge in [0, 0.05) is 24.8 Å².